The SMILES string of the molecule is COc1ccc(C(=O)NCc2nc3ccccc3n2CCCOc2ccc(Cl)cc2)cc1. The fourth-order valence-corrected chi connectivity index (χ4v) is 3.58. The highest BCUT2D eigenvalue weighted by atomic mass is 35.5. The van der Waals surface area contributed by atoms with E-state index in [4.69, 9.17) is 26.1 Å². The first-order chi connectivity index (χ1) is 15.6. The Morgan fingerprint density at radius 2 is 1.72 bits per heavy atom. The largest absolute Gasteiger partial charge is 0.497 e. The van der Waals surface area contributed by atoms with E-state index in [1.807, 2.05) is 48.5 Å². The molecule has 0 bridgehead atoms. The highest BCUT2D eigenvalue weighted by Crippen LogP contribution is 2.19. The van der Waals surface area contributed by atoms with Crippen molar-refractivity contribution in [2.45, 2.75) is 19.5 Å². The van der Waals surface area contributed by atoms with Crippen LogP contribution in [0, 0.1) is 0 Å². The molecule has 3 aromatic carbocycles. The number of hydrogen-bond donors (Lipinski definition) is 1. The topological polar surface area (TPSA) is 65.4 Å². The third kappa shape index (κ3) is 5.21. The van der Waals surface area contributed by atoms with Crippen LogP contribution in [-0.4, -0.2) is 29.2 Å². The summed E-state index contributed by atoms with van der Waals surface area (Å²) in [4.78, 5) is 17.3. The van der Waals surface area contributed by atoms with E-state index in [1.54, 1.807) is 31.4 Å². The molecule has 32 heavy (non-hydrogen) atoms. The number of halogens is 1. The molecule has 0 radical (unpaired) electrons. The van der Waals surface area contributed by atoms with E-state index in [0.29, 0.717) is 29.5 Å². The lowest BCUT2D eigenvalue weighted by Crippen LogP contribution is -2.25. The zero-order chi connectivity index (χ0) is 22.3. The minimum atomic E-state index is -0.155. The van der Waals surface area contributed by atoms with Crippen LogP contribution in [0.15, 0.2) is 72.8 Å². The molecule has 0 aliphatic carbocycles. The zero-order valence-electron chi connectivity index (χ0n) is 17.8. The molecule has 4 rings (SSSR count). The van der Waals surface area contributed by atoms with Crippen molar-refractivity contribution < 1.29 is 14.3 Å². The van der Waals surface area contributed by atoms with E-state index in [1.165, 1.54) is 0 Å². The lowest BCUT2D eigenvalue weighted by Gasteiger charge is -2.11. The number of fused-ring (bicyclic) bond motifs is 1. The Balaban J connectivity index is 1.41. The number of aryl methyl sites for hydroxylation is 1. The van der Waals surface area contributed by atoms with E-state index < -0.39 is 0 Å². The first-order valence-electron chi connectivity index (χ1n) is 10.4. The predicted octanol–water partition coefficient (Wildman–Crippen LogP) is 5.10. The third-order valence-electron chi connectivity index (χ3n) is 5.10. The number of imidazole rings is 1. The molecule has 0 spiro atoms. The zero-order valence-corrected chi connectivity index (χ0v) is 18.5. The smallest absolute Gasteiger partial charge is 0.251 e. The van der Waals surface area contributed by atoms with Gasteiger partial charge >= 0.3 is 0 Å². The van der Waals surface area contributed by atoms with Crippen LogP contribution >= 0.6 is 11.6 Å². The van der Waals surface area contributed by atoms with Crippen LogP contribution in [0.5, 0.6) is 11.5 Å². The van der Waals surface area contributed by atoms with Crippen molar-refractivity contribution in [2.75, 3.05) is 13.7 Å². The Bertz CT molecular complexity index is 1190. The molecule has 6 nitrogen and oxygen atoms in total. The Labute approximate surface area is 191 Å². The van der Waals surface area contributed by atoms with Crippen molar-refractivity contribution in [3.8, 4) is 11.5 Å². The van der Waals surface area contributed by atoms with Gasteiger partial charge in [0.05, 0.1) is 31.3 Å². The van der Waals surface area contributed by atoms with Gasteiger partial charge in [0, 0.05) is 17.1 Å². The van der Waals surface area contributed by atoms with Gasteiger partial charge in [-0.05, 0) is 67.1 Å². The lowest BCUT2D eigenvalue weighted by atomic mass is 10.2. The van der Waals surface area contributed by atoms with Gasteiger partial charge in [-0.3, -0.25) is 4.79 Å². The summed E-state index contributed by atoms with van der Waals surface area (Å²) in [5.41, 5.74) is 2.51. The maximum Gasteiger partial charge on any atom is 0.251 e. The van der Waals surface area contributed by atoms with E-state index in [9.17, 15) is 4.79 Å². The average molecular weight is 450 g/mol. The maximum absolute atomic E-state index is 12.6. The number of carbonyl (C=O) groups excluding carboxylic acids is 1. The van der Waals surface area contributed by atoms with Crippen LogP contribution in [0.25, 0.3) is 11.0 Å². The van der Waals surface area contributed by atoms with E-state index in [-0.39, 0.29) is 5.91 Å². The number of hydrogen-bond acceptors (Lipinski definition) is 4. The number of rotatable bonds is 9. The highest BCUT2D eigenvalue weighted by molar-refractivity contribution is 6.30. The number of aromatic nitrogens is 2. The standard InChI is InChI=1S/C25H24ClN3O3/c1-31-20-11-7-18(8-12-20)25(30)27-17-24-28-22-5-2-3-6-23(22)29(24)15-4-16-32-21-13-9-19(26)10-14-21/h2-3,5-14H,4,15-17H2,1H3,(H,27,30). The highest BCUT2D eigenvalue weighted by Gasteiger charge is 2.12. The number of ether oxygens (including phenoxy) is 2. The summed E-state index contributed by atoms with van der Waals surface area (Å²) in [6.07, 6.45) is 0.794. The van der Waals surface area contributed by atoms with Gasteiger partial charge in [0.15, 0.2) is 0 Å². The normalized spacial score (nSPS) is 10.8. The van der Waals surface area contributed by atoms with E-state index >= 15 is 0 Å². The van der Waals surface area contributed by atoms with Crippen molar-refractivity contribution in [1.29, 1.82) is 0 Å². The summed E-state index contributed by atoms with van der Waals surface area (Å²) >= 11 is 5.92. The molecule has 0 unspecified atom stereocenters. The van der Waals surface area contributed by atoms with E-state index in [0.717, 1.165) is 35.6 Å². The Hall–Kier alpha value is -3.51. The number of carbonyl (C=O) groups is 1. The van der Waals surface area contributed by atoms with Crippen molar-refractivity contribution >= 4 is 28.5 Å². The number of nitrogens with one attached hydrogen (secondary N) is 1. The molecule has 1 heterocycles. The molecule has 0 fully saturated rings. The van der Waals surface area contributed by atoms with Gasteiger partial charge < -0.3 is 19.4 Å². The predicted molar refractivity (Wildman–Crippen MR) is 125 cm³/mol. The quantitative estimate of drug-likeness (QED) is 0.361. The second kappa shape index (κ2) is 10.2. The minimum absolute atomic E-state index is 0.155. The molecule has 0 atom stereocenters. The van der Waals surface area contributed by atoms with Crippen molar-refractivity contribution in [3.63, 3.8) is 0 Å². The van der Waals surface area contributed by atoms with Gasteiger partial charge in [-0.1, -0.05) is 23.7 Å². The number of methoxy groups -OCH3 is 1. The Kier molecular flexibility index (Phi) is 6.92. The number of amides is 1. The van der Waals surface area contributed by atoms with Crippen molar-refractivity contribution in [3.05, 3.63) is 89.2 Å². The molecule has 0 saturated carbocycles. The van der Waals surface area contributed by atoms with E-state index in [2.05, 4.69) is 9.88 Å². The van der Waals surface area contributed by atoms with Crippen LogP contribution < -0.4 is 14.8 Å². The first kappa shape index (κ1) is 21.7. The molecular formula is C25H24ClN3O3. The number of nitrogens with zero attached hydrogens (tertiary/aromatic N) is 2. The monoisotopic (exact) mass is 449 g/mol. The van der Waals surface area contributed by atoms with Crippen molar-refractivity contribution in [1.82, 2.24) is 14.9 Å². The molecule has 0 aliphatic rings. The van der Waals surface area contributed by atoms with Crippen molar-refractivity contribution in [2.24, 2.45) is 0 Å². The molecule has 7 heteroatoms. The average Bonchev–Trinajstić information content (AvgIpc) is 3.19. The molecule has 1 amide bonds. The summed E-state index contributed by atoms with van der Waals surface area (Å²) < 4.78 is 13.1. The summed E-state index contributed by atoms with van der Waals surface area (Å²) in [6.45, 7) is 1.62. The van der Waals surface area contributed by atoms with Crippen LogP contribution in [0.3, 0.4) is 0 Å². The van der Waals surface area contributed by atoms with Gasteiger partial charge in [-0.15, -0.1) is 0 Å². The summed E-state index contributed by atoms with van der Waals surface area (Å²) in [5, 5.41) is 3.65. The second-order valence-electron chi connectivity index (χ2n) is 7.24. The molecule has 1 aromatic heterocycles. The van der Waals surface area contributed by atoms with Crippen LogP contribution in [0.2, 0.25) is 5.02 Å². The fourth-order valence-electron chi connectivity index (χ4n) is 3.46. The minimum Gasteiger partial charge on any atom is -0.497 e. The Morgan fingerprint density at radius 1 is 1.00 bits per heavy atom. The molecular weight excluding hydrogens is 426 g/mol. The first-order valence-corrected chi connectivity index (χ1v) is 10.8. The van der Waals surface area contributed by atoms with Gasteiger partial charge in [-0.25, -0.2) is 4.98 Å². The fraction of sp³-hybridized carbons (Fsp3) is 0.200. The maximum atomic E-state index is 12.6. The van der Waals surface area contributed by atoms with Crippen LogP contribution in [0.4, 0.5) is 0 Å². The number of benzene rings is 3. The van der Waals surface area contributed by atoms with Gasteiger partial charge in [0.1, 0.15) is 17.3 Å². The van der Waals surface area contributed by atoms with Gasteiger partial charge in [-0.2, -0.15) is 0 Å². The number of para-hydroxylation sites is 2. The molecule has 1 N–H and O–H groups in total. The summed E-state index contributed by atoms with van der Waals surface area (Å²) in [6, 6.07) is 22.3. The van der Waals surface area contributed by atoms with Crippen LogP contribution in [0.1, 0.15) is 22.6 Å². The molecule has 4 aromatic rings. The summed E-state index contributed by atoms with van der Waals surface area (Å²) in [5.74, 6) is 2.15. The molecule has 0 aliphatic heterocycles. The van der Waals surface area contributed by atoms with Crippen LogP contribution in [-0.2, 0) is 13.1 Å². The Morgan fingerprint density at radius 3 is 2.47 bits per heavy atom. The lowest BCUT2D eigenvalue weighted by molar-refractivity contribution is 0.0949. The summed E-state index contributed by atoms with van der Waals surface area (Å²) in [7, 11) is 1.60. The second-order valence-corrected chi connectivity index (χ2v) is 7.67. The molecule has 164 valence electrons. The third-order valence-corrected chi connectivity index (χ3v) is 5.35. The van der Waals surface area contributed by atoms with Gasteiger partial charge in [0.25, 0.3) is 5.91 Å². The van der Waals surface area contributed by atoms with Gasteiger partial charge in [0.2, 0.25) is 0 Å². The molecule has 0 saturated heterocycles.